The molecule has 0 saturated carbocycles. The number of furan rings is 1. The summed E-state index contributed by atoms with van der Waals surface area (Å²) >= 11 is 0. The highest BCUT2D eigenvalue weighted by atomic mass is 16.3. The van der Waals surface area contributed by atoms with Gasteiger partial charge in [-0.25, -0.2) is 0 Å². The number of hydrogen-bond acceptors (Lipinski definition) is 3. The van der Waals surface area contributed by atoms with Crippen LogP contribution in [0, 0.1) is 13.8 Å². The molecule has 0 saturated heterocycles. The van der Waals surface area contributed by atoms with E-state index in [2.05, 4.69) is 5.32 Å². The van der Waals surface area contributed by atoms with Crippen LogP contribution in [0.25, 0.3) is 0 Å². The average molecular weight is 285 g/mol. The molecule has 4 nitrogen and oxygen atoms in total. The molecule has 1 aromatic heterocycles. The summed E-state index contributed by atoms with van der Waals surface area (Å²) in [6.07, 6.45) is 1.47. The number of nitrogens with one attached hydrogen (secondary N) is 1. The van der Waals surface area contributed by atoms with Crippen LogP contribution in [0.1, 0.15) is 39.4 Å². The third kappa shape index (κ3) is 2.47. The summed E-state index contributed by atoms with van der Waals surface area (Å²) in [7, 11) is 0. The van der Waals surface area contributed by atoms with Crippen molar-refractivity contribution >= 4 is 5.91 Å². The van der Waals surface area contributed by atoms with Crippen LogP contribution in [0.15, 0.2) is 34.7 Å². The molecule has 1 aliphatic carbocycles. The minimum atomic E-state index is -0.973. The Morgan fingerprint density at radius 3 is 2.86 bits per heavy atom. The van der Waals surface area contributed by atoms with E-state index >= 15 is 0 Å². The summed E-state index contributed by atoms with van der Waals surface area (Å²) in [4.78, 5) is 12.2. The van der Waals surface area contributed by atoms with Crippen molar-refractivity contribution in [3.05, 3.63) is 58.5 Å². The Bertz CT molecular complexity index is 689. The summed E-state index contributed by atoms with van der Waals surface area (Å²) < 4.78 is 5.37. The Kier molecular flexibility index (Phi) is 3.33. The van der Waals surface area contributed by atoms with Crippen LogP contribution in [0.3, 0.4) is 0 Å². The molecule has 0 fully saturated rings. The summed E-state index contributed by atoms with van der Waals surface area (Å²) in [5, 5.41) is 13.6. The Hall–Kier alpha value is -2.07. The van der Waals surface area contributed by atoms with Crippen LogP contribution in [-0.2, 0) is 12.0 Å². The van der Waals surface area contributed by atoms with Crippen molar-refractivity contribution in [1.29, 1.82) is 0 Å². The van der Waals surface area contributed by atoms with Crippen LogP contribution >= 0.6 is 0 Å². The summed E-state index contributed by atoms with van der Waals surface area (Å²) in [5.74, 6) is 1.11. The first-order valence-electron chi connectivity index (χ1n) is 7.15. The van der Waals surface area contributed by atoms with E-state index in [0.29, 0.717) is 23.5 Å². The molecule has 0 radical (unpaired) electrons. The van der Waals surface area contributed by atoms with Crippen molar-refractivity contribution in [2.75, 3.05) is 6.54 Å². The number of rotatable bonds is 3. The van der Waals surface area contributed by atoms with Gasteiger partial charge in [0.2, 0.25) is 0 Å². The molecule has 2 N–H and O–H groups in total. The highest BCUT2D eigenvalue weighted by molar-refractivity contribution is 5.95. The maximum atomic E-state index is 12.2. The van der Waals surface area contributed by atoms with Crippen molar-refractivity contribution in [2.45, 2.75) is 32.3 Å². The molecule has 3 rings (SSSR count). The predicted octanol–water partition coefficient (Wildman–Crippen LogP) is 2.46. The number of carbonyl (C=O) groups is 1. The van der Waals surface area contributed by atoms with E-state index in [9.17, 15) is 9.90 Å². The third-order valence-electron chi connectivity index (χ3n) is 4.15. The van der Waals surface area contributed by atoms with Gasteiger partial charge >= 0.3 is 0 Å². The predicted molar refractivity (Wildman–Crippen MR) is 79.2 cm³/mol. The third-order valence-corrected chi connectivity index (χ3v) is 4.15. The molecule has 0 bridgehead atoms. The summed E-state index contributed by atoms with van der Waals surface area (Å²) in [6, 6.07) is 9.57. The fraction of sp³-hybridized carbons (Fsp3) is 0.353. The monoisotopic (exact) mass is 285 g/mol. The Morgan fingerprint density at radius 2 is 2.14 bits per heavy atom. The van der Waals surface area contributed by atoms with Gasteiger partial charge in [0.25, 0.3) is 5.91 Å². The molecule has 1 amide bonds. The van der Waals surface area contributed by atoms with E-state index in [-0.39, 0.29) is 12.5 Å². The Morgan fingerprint density at radius 1 is 1.38 bits per heavy atom. The number of fused-ring (bicyclic) bond motifs is 1. The van der Waals surface area contributed by atoms with Gasteiger partial charge in [0.05, 0.1) is 12.1 Å². The molecule has 2 aromatic rings. The largest absolute Gasteiger partial charge is 0.466 e. The maximum Gasteiger partial charge on any atom is 0.254 e. The standard InChI is InChI=1S/C17H19NO3/c1-11-9-14(12(2)21-11)16(19)18-10-17(20)8-7-13-5-3-4-6-15(13)17/h3-6,9,20H,7-8,10H2,1-2H3,(H,18,19)/t17-/m0/s1. The zero-order chi connectivity index (χ0) is 15.0. The molecule has 1 heterocycles. The Labute approximate surface area is 123 Å². The van der Waals surface area contributed by atoms with Gasteiger partial charge in [-0.1, -0.05) is 24.3 Å². The van der Waals surface area contributed by atoms with Gasteiger partial charge in [0, 0.05) is 0 Å². The molecule has 1 atom stereocenters. The summed E-state index contributed by atoms with van der Waals surface area (Å²) in [5.41, 5.74) is 1.64. The van der Waals surface area contributed by atoms with Crippen LogP contribution in [0.4, 0.5) is 0 Å². The zero-order valence-corrected chi connectivity index (χ0v) is 12.3. The lowest BCUT2D eigenvalue weighted by Gasteiger charge is -2.24. The number of benzene rings is 1. The van der Waals surface area contributed by atoms with Gasteiger partial charge in [0.15, 0.2) is 0 Å². The van der Waals surface area contributed by atoms with E-state index < -0.39 is 5.60 Å². The highest BCUT2D eigenvalue weighted by Gasteiger charge is 2.36. The SMILES string of the molecule is Cc1cc(C(=O)NC[C@@]2(O)CCc3ccccc32)c(C)o1. The minimum absolute atomic E-state index is 0.206. The minimum Gasteiger partial charge on any atom is -0.466 e. The summed E-state index contributed by atoms with van der Waals surface area (Å²) in [6.45, 7) is 3.79. The normalized spacial score (nSPS) is 20.3. The molecule has 0 unspecified atom stereocenters. The first kappa shape index (κ1) is 13.9. The smallest absolute Gasteiger partial charge is 0.254 e. The molecule has 0 aliphatic heterocycles. The lowest BCUT2D eigenvalue weighted by molar-refractivity contribution is 0.0369. The van der Waals surface area contributed by atoms with E-state index in [0.717, 1.165) is 17.5 Å². The van der Waals surface area contributed by atoms with Crippen LogP contribution in [0.5, 0.6) is 0 Å². The van der Waals surface area contributed by atoms with Gasteiger partial charge in [-0.15, -0.1) is 0 Å². The van der Waals surface area contributed by atoms with Crippen molar-refractivity contribution in [2.24, 2.45) is 0 Å². The highest BCUT2D eigenvalue weighted by Crippen LogP contribution is 2.36. The van der Waals surface area contributed by atoms with Crippen LogP contribution in [-0.4, -0.2) is 17.6 Å². The van der Waals surface area contributed by atoms with Gasteiger partial charge in [-0.2, -0.15) is 0 Å². The molecular formula is C17H19NO3. The second kappa shape index (κ2) is 5.04. The number of amides is 1. The number of carbonyl (C=O) groups excluding carboxylic acids is 1. The second-order valence-electron chi connectivity index (χ2n) is 5.70. The van der Waals surface area contributed by atoms with Crippen LogP contribution < -0.4 is 5.32 Å². The second-order valence-corrected chi connectivity index (χ2v) is 5.70. The van der Waals surface area contributed by atoms with Gasteiger partial charge in [0.1, 0.15) is 17.1 Å². The number of hydrogen-bond donors (Lipinski definition) is 2. The fourth-order valence-electron chi connectivity index (χ4n) is 3.03. The van der Waals surface area contributed by atoms with E-state index in [4.69, 9.17) is 4.42 Å². The van der Waals surface area contributed by atoms with Crippen molar-refractivity contribution in [1.82, 2.24) is 5.32 Å². The van der Waals surface area contributed by atoms with Gasteiger partial charge < -0.3 is 14.8 Å². The van der Waals surface area contributed by atoms with Crippen molar-refractivity contribution in [3.63, 3.8) is 0 Å². The quantitative estimate of drug-likeness (QED) is 0.910. The zero-order valence-electron chi connectivity index (χ0n) is 12.3. The fourth-order valence-corrected chi connectivity index (χ4v) is 3.03. The van der Waals surface area contributed by atoms with Gasteiger partial charge in [-0.05, 0) is 43.9 Å². The topological polar surface area (TPSA) is 62.5 Å². The molecule has 110 valence electrons. The molecule has 21 heavy (non-hydrogen) atoms. The van der Waals surface area contributed by atoms with Crippen LogP contribution in [0.2, 0.25) is 0 Å². The molecule has 1 aromatic carbocycles. The molecule has 1 aliphatic rings. The molecular weight excluding hydrogens is 266 g/mol. The van der Waals surface area contributed by atoms with E-state index in [1.54, 1.807) is 13.0 Å². The first-order valence-corrected chi connectivity index (χ1v) is 7.15. The van der Waals surface area contributed by atoms with E-state index in [1.807, 2.05) is 31.2 Å². The maximum absolute atomic E-state index is 12.2. The lowest BCUT2D eigenvalue weighted by Crippen LogP contribution is -2.39. The average Bonchev–Trinajstić information content (AvgIpc) is 2.98. The van der Waals surface area contributed by atoms with Gasteiger partial charge in [-0.3, -0.25) is 4.79 Å². The Balaban J connectivity index is 1.74. The molecule has 4 heteroatoms. The lowest BCUT2D eigenvalue weighted by atomic mass is 9.96. The number of aryl methyl sites for hydroxylation is 3. The number of aliphatic hydroxyl groups is 1. The molecule has 0 spiro atoms. The van der Waals surface area contributed by atoms with Crippen molar-refractivity contribution in [3.8, 4) is 0 Å². The van der Waals surface area contributed by atoms with E-state index in [1.165, 1.54) is 0 Å². The first-order chi connectivity index (χ1) is 9.99. The van der Waals surface area contributed by atoms with Crippen molar-refractivity contribution < 1.29 is 14.3 Å².